The highest BCUT2D eigenvalue weighted by Crippen LogP contribution is 2.29. The third kappa shape index (κ3) is 4.25. The van der Waals surface area contributed by atoms with Gasteiger partial charge in [-0.25, -0.2) is 13.2 Å². The van der Waals surface area contributed by atoms with E-state index >= 15 is 0 Å². The van der Waals surface area contributed by atoms with Crippen molar-refractivity contribution in [1.29, 1.82) is 0 Å². The predicted octanol–water partition coefficient (Wildman–Crippen LogP) is 3.25. The van der Waals surface area contributed by atoms with E-state index in [1.165, 1.54) is 15.8 Å². The molecule has 4 rings (SSSR count). The van der Waals surface area contributed by atoms with Crippen LogP contribution in [0.1, 0.15) is 47.7 Å². The van der Waals surface area contributed by atoms with Crippen molar-refractivity contribution < 1.29 is 23.1 Å². The number of hydrogen-bond acceptors (Lipinski definition) is 7. The number of unbranched alkanes of at least 4 members (excludes halogenated alkanes) is 1. The predicted molar refractivity (Wildman–Crippen MR) is 120 cm³/mol. The average Bonchev–Trinajstić information content (AvgIpc) is 3.26. The van der Waals surface area contributed by atoms with Crippen molar-refractivity contribution in [3.63, 3.8) is 0 Å². The molecule has 1 aliphatic heterocycles. The Bertz CT molecular complexity index is 1290. The molecule has 0 spiro atoms. The molecule has 0 unspecified atom stereocenters. The van der Waals surface area contributed by atoms with Crippen molar-refractivity contribution >= 4 is 17.2 Å². The van der Waals surface area contributed by atoms with E-state index in [2.05, 4.69) is 10.2 Å². The Balaban J connectivity index is 1.74. The van der Waals surface area contributed by atoms with Crippen LogP contribution in [0.25, 0.3) is 10.6 Å². The number of benzene rings is 1. The summed E-state index contributed by atoms with van der Waals surface area (Å²) < 4.78 is 42.7. The first-order valence-corrected chi connectivity index (χ1v) is 11.6. The van der Waals surface area contributed by atoms with Gasteiger partial charge in [-0.2, -0.15) is 0 Å². The summed E-state index contributed by atoms with van der Waals surface area (Å²) in [6.07, 6.45) is 2.87. The van der Waals surface area contributed by atoms with Crippen LogP contribution in [0.3, 0.4) is 0 Å². The first-order chi connectivity index (χ1) is 16.2. The molecule has 1 aromatic carbocycles. The van der Waals surface area contributed by atoms with Crippen molar-refractivity contribution in [3.8, 4) is 16.3 Å². The number of pyridine rings is 1. The number of carbonyl (C=O) groups is 1. The van der Waals surface area contributed by atoms with Gasteiger partial charge >= 0.3 is 0 Å². The second-order valence-electron chi connectivity index (χ2n) is 7.83. The minimum Gasteiger partial charge on any atom is -0.502 e. The number of fused-ring (bicyclic) bond motifs is 1. The standard InChI is InChI=1S/C22H22F3N5O3S/c1-3-5-6-29-11-28(4-2)22(33)18-20(32)19(31)14(10-30(18)29)21-27-26-17(34-21)9-13-15(24)7-12(23)8-16(13)25/h7-8,10,32H,3-6,9,11H2,1-2H3. The molecule has 34 heavy (non-hydrogen) atoms. The van der Waals surface area contributed by atoms with E-state index < -0.39 is 34.5 Å². The zero-order chi connectivity index (χ0) is 24.6. The van der Waals surface area contributed by atoms with Gasteiger partial charge in [-0.3, -0.25) is 19.3 Å². The van der Waals surface area contributed by atoms with Crippen LogP contribution in [0.2, 0.25) is 0 Å². The first kappa shape index (κ1) is 23.7. The monoisotopic (exact) mass is 493 g/mol. The lowest BCUT2D eigenvalue weighted by atomic mass is 10.1. The summed E-state index contributed by atoms with van der Waals surface area (Å²) in [4.78, 5) is 27.3. The number of aromatic hydroxyl groups is 1. The minimum absolute atomic E-state index is 0.00398. The van der Waals surface area contributed by atoms with Crippen LogP contribution in [-0.4, -0.2) is 50.5 Å². The topological polar surface area (TPSA) is 91.6 Å². The number of hydrogen-bond donors (Lipinski definition) is 1. The van der Waals surface area contributed by atoms with Gasteiger partial charge < -0.3 is 10.0 Å². The van der Waals surface area contributed by atoms with Crippen LogP contribution >= 0.6 is 11.3 Å². The van der Waals surface area contributed by atoms with Gasteiger partial charge in [0.2, 0.25) is 5.43 Å². The molecule has 3 aromatic rings. The van der Waals surface area contributed by atoms with E-state index in [4.69, 9.17) is 0 Å². The van der Waals surface area contributed by atoms with Gasteiger partial charge in [0, 0.05) is 43.4 Å². The molecule has 0 aliphatic carbocycles. The molecule has 1 aliphatic rings. The van der Waals surface area contributed by atoms with E-state index in [9.17, 15) is 27.9 Å². The fourth-order valence-corrected chi connectivity index (χ4v) is 4.59. The molecule has 2 aromatic heterocycles. The van der Waals surface area contributed by atoms with Crippen LogP contribution in [0.15, 0.2) is 23.1 Å². The van der Waals surface area contributed by atoms with Crippen molar-refractivity contribution in [2.45, 2.75) is 33.1 Å². The minimum atomic E-state index is -1.05. The molecule has 1 N–H and O–H groups in total. The van der Waals surface area contributed by atoms with Crippen LogP contribution in [-0.2, 0) is 6.42 Å². The van der Waals surface area contributed by atoms with Crippen molar-refractivity contribution in [2.75, 3.05) is 24.8 Å². The zero-order valence-electron chi connectivity index (χ0n) is 18.5. The van der Waals surface area contributed by atoms with Crippen molar-refractivity contribution in [2.24, 2.45) is 0 Å². The highest BCUT2D eigenvalue weighted by molar-refractivity contribution is 7.14. The van der Waals surface area contributed by atoms with Crippen LogP contribution in [0, 0.1) is 17.5 Å². The SMILES string of the molecule is CCCCN1CN(CC)C(=O)c2c(O)c(=O)c(-c3nnc(Cc4c(F)cc(F)cc4F)s3)cn21. The summed E-state index contributed by atoms with van der Waals surface area (Å²) in [7, 11) is 0. The Hall–Kier alpha value is -3.41. The molecule has 0 radical (unpaired) electrons. The Morgan fingerprint density at radius 1 is 1.12 bits per heavy atom. The highest BCUT2D eigenvalue weighted by atomic mass is 32.1. The highest BCUT2D eigenvalue weighted by Gasteiger charge is 2.33. The lowest BCUT2D eigenvalue weighted by Gasteiger charge is -2.39. The third-order valence-corrected chi connectivity index (χ3v) is 6.53. The lowest BCUT2D eigenvalue weighted by Crippen LogP contribution is -2.54. The molecule has 0 bridgehead atoms. The molecule has 0 fully saturated rings. The quantitative estimate of drug-likeness (QED) is 0.543. The zero-order valence-corrected chi connectivity index (χ0v) is 19.3. The van der Waals surface area contributed by atoms with Gasteiger partial charge in [0.1, 0.15) is 29.1 Å². The molecule has 8 nitrogen and oxygen atoms in total. The van der Waals surface area contributed by atoms with E-state index in [1.54, 1.807) is 0 Å². The van der Waals surface area contributed by atoms with Crippen molar-refractivity contribution in [3.05, 3.63) is 62.3 Å². The maximum Gasteiger partial charge on any atom is 0.277 e. The molecule has 12 heteroatoms. The average molecular weight is 494 g/mol. The van der Waals surface area contributed by atoms with E-state index in [0.717, 1.165) is 24.2 Å². The molecule has 1 amide bonds. The molecule has 0 saturated carbocycles. The normalized spacial score (nSPS) is 13.5. The van der Waals surface area contributed by atoms with Crippen molar-refractivity contribution in [1.82, 2.24) is 19.8 Å². The Morgan fingerprint density at radius 3 is 2.47 bits per heavy atom. The molecular formula is C22H22F3N5O3S. The number of nitrogens with zero attached hydrogens (tertiary/aromatic N) is 5. The van der Waals surface area contributed by atoms with E-state index in [0.29, 0.717) is 25.2 Å². The summed E-state index contributed by atoms with van der Waals surface area (Å²) in [5.74, 6) is -4.29. The summed E-state index contributed by atoms with van der Waals surface area (Å²) in [6.45, 7) is 5.11. The van der Waals surface area contributed by atoms with E-state index in [-0.39, 0.29) is 39.9 Å². The molecule has 180 valence electrons. The summed E-state index contributed by atoms with van der Waals surface area (Å²) in [5.41, 5.74) is -1.29. The van der Waals surface area contributed by atoms with Crippen LogP contribution < -0.4 is 10.4 Å². The van der Waals surface area contributed by atoms with Gasteiger partial charge in [0.25, 0.3) is 5.91 Å². The lowest BCUT2D eigenvalue weighted by molar-refractivity contribution is 0.0697. The van der Waals surface area contributed by atoms with Gasteiger partial charge in [-0.05, 0) is 13.3 Å². The number of rotatable bonds is 7. The molecule has 0 saturated heterocycles. The molecular weight excluding hydrogens is 471 g/mol. The maximum atomic E-state index is 14.0. The second-order valence-corrected chi connectivity index (χ2v) is 8.89. The maximum absolute atomic E-state index is 14.0. The van der Waals surface area contributed by atoms with E-state index in [1.807, 2.05) is 18.9 Å². The summed E-state index contributed by atoms with van der Waals surface area (Å²) >= 11 is 0.913. The van der Waals surface area contributed by atoms with Gasteiger partial charge in [0.15, 0.2) is 16.5 Å². The summed E-state index contributed by atoms with van der Waals surface area (Å²) in [6, 6.07) is 1.16. The van der Waals surface area contributed by atoms with Crippen LogP contribution in [0.5, 0.6) is 5.75 Å². The van der Waals surface area contributed by atoms with Gasteiger partial charge in [-0.1, -0.05) is 24.7 Å². The Kier molecular flexibility index (Phi) is 6.60. The summed E-state index contributed by atoms with van der Waals surface area (Å²) in [5, 5.41) is 20.7. The first-order valence-electron chi connectivity index (χ1n) is 10.7. The van der Waals surface area contributed by atoms with Gasteiger partial charge in [-0.15, -0.1) is 10.2 Å². The second kappa shape index (κ2) is 9.45. The third-order valence-electron chi connectivity index (χ3n) is 5.58. The number of aromatic nitrogens is 3. The smallest absolute Gasteiger partial charge is 0.277 e. The number of amides is 1. The molecule has 3 heterocycles. The molecule has 0 atom stereocenters. The fourth-order valence-electron chi connectivity index (χ4n) is 3.73. The van der Waals surface area contributed by atoms with Crippen LogP contribution in [0.4, 0.5) is 13.2 Å². The van der Waals surface area contributed by atoms with Gasteiger partial charge in [0.05, 0.1) is 5.56 Å². The number of halogens is 3. The fraction of sp³-hybridized carbons (Fsp3) is 0.364. The Morgan fingerprint density at radius 2 is 1.82 bits per heavy atom. The Labute approximate surface area is 196 Å². The largest absolute Gasteiger partial charge is 0.502 e. The number of carbonyl (C=O) groups excluding carboxylic acids is 1.